The van der Waals surface area contributed by atoms with E-state index >= 15 is 0 Å². The third-order valence-corrected chi connectivity index (χ3v) is 7.26. The standard InChI is InChI=1S/C25H18Br2F10O2/c1-12(6-15(38)11-23(29,30)31)7-22(39)16-4-2-14(8-18(16)25(35,36)37)21(28)10-17(24(32,33)34)13-3-5-19(26)20(27)9-13/h2-5,8-10,12,17H,6-7,11H2,1H3/b21-10-/t12-,17?/m1/s1. The lowest BCUT2D eigenvalue weighted by Crippen LogP contribution is -2.20. The Morgan fingerprint density at radius 3 is 2.00 bits per heavy atom. The summed E-state index contributed by atoms with van der Waals surface area (Å²) in [5.74, 6) is -7.63. The van der Waals surface area contributed by atoms with Crippen molar-refractivity contribution in [2.75, 3.05) is 0 Å². The Kier molecular flexibility index (Phi) is 10.6. The molecule has 0 aliphatic rings. The maximum Gasteiger partial charge on any atom is 0.417 e. The van der Waals surface area contributed by atoms with Crippen LogP contribution in [-0.4, -0.2) is 23.9 Å². The number of halogens is 12. The van der Waals surface area contributed by atoms with Crippen molar-refractivity contribution in [1.82, 2.24) is 0 Å². The summed E-state index contributed by atoms with van der Waals surface area (Å²) in [6.07, 6.45) is -18.1. The van der Waals surface area contributed by atoms with Crippen LogP contribution in [0, 0.1) is 5.92 Å². The number of hydrogen-bond acceptors (Lipinski definition) is 2. The van der Waals surface area contributed by atoms with Gasteiger partial charge in [0.05, 0.1) is 5.56 Å². The average Bonchev–Trinajstić information content (AvgIpc) is 2.76. The molecule has 0 radical (unpaired) electrons. The summed E-state index contributed by atoms with van der Waals surface area (Å²) in [7, 11) is 0. The summed E-state index contributed by atoms with van der Waals surface area (Å²) in [6.45, 7) is 1.20. The highest BCUT2D eigenvalue weighted by molar-refractivity contribution is 9.13. The summed E-state index contributed by atoms with van der Waals surface area (Å²) in [6, 6.07) is 4.85. The van der Waals surface area contributed by atoms with Crippen LogP contribution in [0.2, 0.25) is 0 Å². The number of alkyl halides is 9. The highest BCUT2D eigenvalue weighted by Crippen LogP contribution is 2.41. The van der Waals surface area contributed by atoms with E-state index in [1.165, 1.54) is 13.0 Å². The molecule has 14 heteroatoms. The minimum atomic E-state index is -5.23. The molecule has 0 spiro atoms. The summed E-state index contributed by atoms with van der Waals surface area (Å²) < 4.78 is 135. The topological polar surface area (TPSA) is 34.1 Å². The Hall–Kier alpha value is -2.22. The molecule has 0 heterocycles. The van der Waals surface area contributed by atoms with Gasteiger partial charge in [0.1, 0.15) is 23.9 Å². The van der Waals surface area contributed by atoms with Crippen molar-refractivity contribution >= 4 is 49.3 Å². The van der Waals surface area contributed by atoms with Gasteiger partial charge in [-0.3, -0.25) is 9.59 Å². The first-order chi connectivity index (χ1) is 17.7. The number of carbonyl (C=O) groups excluding carboxylic acids is 2. The van der Waals surface area contributed by atoms with Crippen LogP contribution in [0.25, 0.3) is 5.83 Å². The van der Waals surface area contributed by atoms with Gasteiger partial charge in [0, 0.05) is 32.9 Å². The molecule has 1 unspecified atom stereocenters. The molecule has 214 valence electrons. The summed E-state index contributed by atoms with van der Waals surface area (Å²) in [5, 5.41) is 0. The summed E-state index contributed by atoms with van der Waals surface area (Å²) in [4.78, 5) is 24.0. The molecule has 0 aliphatic carbocycles. The van der Waals surface area contributed by atoms with Gasteiger partial charge in [0.2, 0.25) is 0 Å². The predicted octanol–water partition coefficient (Wildman–Crippen LogP) is 10.0. The fourth-order valence-corrected chi connectivity index (χ4v) is 4.32. The van der Waals surface area contributed by atoms with Gasteiger partial charge < -0.3 is 0 Å². The summed E-state index contributed by atoms with van der Waals surface area (Å²) in [5.41, 5.74) is -3.88. The van der Waals surface area contributed by atoms with Gasteiger partial charge in [-0.2, -0.15) is 39.5 Å². The molecular weight excluding hydrogens is 682 g/mol. The van der Waals surface area contributed by atoms with Crippen LogP contribution < -0.4 is 0 Å². The van der Waals surface area contributed by atoms with E-state index in [0.717, 1.165) is 12.1 Å². The van der Waals surface area contributed by atoms with Crippen LogP contribution in [-0.2, 0) is 11.0 Å². The Balaban J connectivity index is 2.40. The first-order valence-electron chi connectivity index (χ1n) is 10.9. The summed E-state index contributed by atoms with van der Waals surface area (Å²) >= 11 is 6.12. The van der Waals surface area contributed by atoms with Crippen molar-refractivity contribution in [1.29, 1.82) is 0 Å². The number of allylic oxidation sites excluding steroid dienone is 1. The van der Waals surface area contributed by atoms with Crippen LogP contribution in [0.3, 0.4) is 0 Å². The monoisotopic (exact) mass is 698 g/mol. The lowest BCUT2D eigenvalue weighted by molar-refractivity contribution is -0.152. The van der Waals surface area contributed by atoms with E-state index in [1.807, 2.05) is 0 Å². The zero-order chi connectivity index (χ0) is 29.9. The van der Waals surface area contributed by atoms with E-state index in [2.05, 4.69) is 31.9 Å². The zero-order valence-electron chi connectivity index (χ0n) is 19.7. The molecular formula is C25H18Br2F10O2. The Morgan fingerprint density at radius 1 is 0.872 bits per heavy atom. The van der Waals surface area contributed by atoms with Gasteiger partial charge in [-0.1, -0.05) is 25.1 Å². The van der Waals surface area contributed by atoms with Crippen LogP contribution in [0.4, 0.5) is 43.9 Å². The van der Waals surface area contributed by atoms with E-state index in [9.17, 15) is 53.5 Å². The molecule has 2 aromatic rings. The lowest BCUT2D eigenvalue weighted by atomic mass is 9.91. The van der Waals surface area contributed by atoms with Crippen molar-refractivity contribution in [3.05, 3.63) is 73.7 Å². The van der Waals surface area contributed by atoms with Crippen molar-refractivity contribution in [3.63, 3.8) is 0 Å². The van der Waals surface area contributed by atoms with Gasteiger partial charge in [-0.05, 0) is 67.6 Å². The highest BCUT2D eigenvalue weighted by Gasteiger charge is 2.41. The molecule has 0 N–H and O–H groups in total. The third-order valence-electron chi connectivity index (χ3n) is 5.38. The Morgan fingerprint density at radius 2 is 1.49 bits per heavy atom. The van der Waals surface area contributed by atoms with E-state index in [-0.39, 0.29) is 16.6 Å². The minimum absolute atomic E-state index is 0.112. The van der Waals surface area contributed by atoms with E-state index in [4.69, 9.17) is 0 Å². The molecule has 0 bridgehead atoms. The molecule has 2 aromatic carbocycles. The maximum absolute atomic E-state index is 14.9. The fraction of sp³-hybridized carbons (Fsp3) is 0.360. The van der Waals surface area contributed by atoms with Gasteiger partial charge in [0.15, 0.2) is 5.78 Å². The van der Waals surface area contributed by atoms with Crippen molar-refractivity contribution < 1.29 is 53.5 Å². The second-order valence-corrected chi connectivity index (χ2v) is 10.4. The van der Waals surface area contributed by atoms with E-state index < -0.39 is 89.3 Å². The van der Waals surface area contributed by atoms with Gasteiger partial charge in [-0.25, -0.2) is 4.39 Å². The molecule has 2 rings (SSSR count). The Bertz CT molecular complexity index is 1250. The number of Topliss-reactive ketones (excluding diaryl/α,β-unsaturated/α-hetero) is 2. The number of hydrogen-bond donors (Lipinski definition) is 0. The lowest BCUT2D eigenvalue weighted by Gasteiger charge is -2.19. The van der Waals surface area contributed by atoms with Crippen LogP contribution in [0.1, 0.15) is 59.2 Å². The number of benzene rings is 2. The van der Waals surface area contributed by atoms with Crippen molar-refractivity contribution in [2.45, 2.75) is 50.6 Å². The van der Waals surface area contributed by atoms with Crippen LogP contribution >= 0.6 is 31.9 Å². The minimum Gasteiger partial charge on any atom is -0.299 e. The zero-order valence-corrected chi connectivity index (χ0v) is 22.8. The number of rotatable bonds is 9. The molecule has 0 fully saturated rings. The Labute approximate surface area is 232 Å². The van der Waals surface area contributed by atoms with E-state index in [1.54, 1.807) is 0 Å². The molecule has 0 saturated heterocycles. The highest BCUT2D eigenvalue weighted by atomic mass is 79.9. The third kappa shape index (κ3) is 9.73. The smallest absolute Gasteiger partial charge is 0.299 e. The molecule has 0 aliphatic heterocycles. The molecule has 2 nitrogen and oxygen atoms in total. The molecule has 0 aromatic heterocycles. The first-order valence-corrected chi connectivity index (χ1v) is 12.5. The van der Waals surface area contributed by atoms with Crippen molar-refractivity contribution in [3.8, 4) is 0 Å². The predicted molar refractivity (Wildman–Crippen MR) is 130 cm³/mol. The van der Waals surface area contributed by atoms with Gasteiger partial charge in [0.25, 0.3) is 0 Å². The largest absolute Gasteiger partial charge is 0.417 e. The second kappa shape index (κ2) is 12.5. The molecule has 39 heavy (non-hydrogen) atoms. The van der Waals surface area contributed by atoms with Crippen LogP contribution in [0.15, 0.2) is 51.4 Å². The molecule has 0 amide bonds. The fourth-order valence-electron chi connectivity index (χ4n) is 3.68. The van der Waals surface area contributed by atoms with Crippen LogP contribution in [0.5, 0.6) is 0 Å². The SMILES string of the molecule is C[C@H](CC(=O)CC(F)(F)F)CC(=O)c1ccc(/C(F)=C/C(c2ccc(Br)c(Br)c2)C(F)(F)F)cc1C(F)(F)F. The van der Waals surface area contributed by atoms with E-state index in [0.29, 0.717) is 16.6 Å². The first kappa shape index (κ1) is 33.0. The number of carbonyl (C=O) groups is 2. The normalized spacial score (nSPS) is 14.7. The quantitative estimate of drug-likeness (QED) is 0.193. The van der Waals surface area contributed by atoms with Gasteiger partial charge in [-0.15, -0.1) is 0 Å². The van der Waals surface area contributed by atoms with Crippen molar-refractivity contribution in [2.24, 2.45) is 5.92 Å². The number of ketones is 2. The maximum atomic E-state index is 14.9. The second-order valence-electron chi connectivity index (χ2n) is 8.73. The van der Waals surface area contributed by atoms with Gasteiger partial charge >= 0.3 is 18.5 Å². The molecule has 0 saturated carbocycles. The average molecular weight is 700 g/mol. The molecule has 2 atom stereocenters.